The lowest BCUT2D eigenvalue weighted by atomic mass is 10.2. The van der Waals surface area contributed by atoms with Crippen molar-refractivity contribution < 1.29 is 18.3 Å². The zero-order valence-electron chi connectivity index (χ0n) is 12.2. The van der Waals surface area contributed by atoms with Crippen molar-refractivity contribution in [1.82, 2.24) is 4.90 Å². The summed E-state index contributed by atoms with van der Waals surface area (Å²) in [5.74, 6) is -0.248. The van der Waals surface area contributed by atoms with Crippen molar-refractivity contribution in [2.75, 3.05) is 37.3 Å². The minimum Gasteiger partial charge on any atom is -0.384 e. The van der Waals surface area contributed by atoms with Crippen LogP contribution in [0.25, 0.3) is 0 Å². The fourth-order valence-electron chi connectivity index (χ4n) is 2.35. The van der Waals surface area contributed by atoms with Crippen molar-refractivity contribution in [1.29, 1.82) is 0 Å². The van der Waals surface area contributed by atoms with E-state index >= 15 is 0 Å². The number of hydrogen-bond donors (Lipinski definition) is 1. The SMILES string of the molecule is CC(O)C(=O)N1CCN(c2ccc(S(C)(=O)=O)cc2)CC1. The molecule has 1 N–H and O–H groups in total. The Labute approximate surface area is 124 Å². The number of anilines is 1. The van der Waals surface area contributed by atoms with Crippen LogP contribution in [0.3, 0.4) is 0 Å². The van der Waals surface area contributed by atoms with Gasteiger partial charge in [-0.25, -0.2) is 8.42 Å². The Balaban J connectivity index is 2.01. The van der Waals surface area contributed by atoms with E-state index in [0.717, 1.165) is 5.69 Å². The summed E-state index contributed by atoms with van der Waals surface area (Å²) in [4.78, 5) is 15.7. The third-order valence-corrected chi connectivity index (χ3v) is 4.71. The van der Waals surface area contributed by atoms with Gasteiger partial charge in [0.2, 0.25) is 0 Å². The Kier molecular flexibility index (Phi) is 4.53. The van der Waals surface area contributed by atoms with Crippen LogP contribution < -0.4 is 4.90 Å². The number of nitrogens with zero attached hydrogens (tertiary/aromatic N) is 2. The van der Waals surface area contributed by atoms with Gasteiger partial charge in [-0.15, -0.1) is 0 Å². The predicted octanol–water partition coefficient (Wildman–Crippen LogP) is 0.119. The third-order valence-electron chi connectivity index (χ3n) is 3.58. The number of amides is 1. The molecule has 1 aromatic carbocycles. The molecule has 1 amide bonds. The highest BCUT2D eigenvalue weighted by atomic mass is 32.2. The van der Waals surface area contributed by atoms with E-state index in [4.69, 9.17) is 0 Å². The summed E-state index contributed by atoms with van der Waals surface area (Å²) >= 11 is 0. The molecule has 0 aromatic heterocycles. The molecule has 1 aromatic rings. The molecule has 0 aliphatic carbocycles. The van der Waals surface area contributed by atoms with E-state index in [-0.39, 0.29) is 5.91 Å². The van der Waals surface area contributed by atoms with Crippen LogP contribution in [0.5, 0.6) is 0 Å². The van der Waals surface area contributed by atoms with E-state index in [1.165, 1.54) is 13.2 Å². The van der Waals surface area contributed by atoms with Crippen molar-refractivity contribution in [2.45, 2.75) is 17.9 Å². The van der Waals surface area contributed by atoms with Crippen molar-refractivity contribution >= 4 is 21.4 Å². The lowest BCUT2D eigenvalue weighted by Gasteiger charge is -2.36. The van der Waals surface area contributed by atoms with Crippen LogP contribution in [0.1, 0.15) is 6.92 Å². The second kappa shape index (κ2) is 6.03. The van der Waals surface area contributed by atoms with E-state index in [1.807, 2.05) is 0 Å². The van der Waals surface area contributed by atoms with Crippen LogP contribution in [0.2, 0.25) is 0 Å². The van der Waals surface area contributed by atoms with Crippen LogP contribution in [0.4, 0.5) is 5.69 Å². The fourth-order valence-corrected chi connectivity index (χ4v) is 2.98. The standard InChI is InChI=1S/C14H20N2O4S/c1-11(17)14(18)16-9-7-15(8-10-16)12-3-5-13(6-4-12)21(2,19)20/h3-6,11,17H,7-10H2,1-2H3. The molecule has 0 bridgehead atoms. The van der Waals surface area contributed by atoms with Crippen LogP contribution >= 0.6 is 0 Å². The van der Waals surface area contributed by atoms with Crippen molar-refractivity contribution in [3.8, 4) is 0 Å². The molecule has 1 saturated heterocycles. The summed E-state index contributed by atoms with van der Waals surface area (Å²) < 4.78 is 22.8. The Hall–Kier alpha value is -1.60. The largest absolute Gasteiger partial charge is 0.384 e. The van der Waals surface area contributed by atoms with Gasteiger partial charge in [0, 0.05) is 38.1 Å². The molecule has 1 unspecified atom stereocenters. The first kappa shape index (κ1) is 15.8. The molecular weight excluding hydrogens is 292 g/mol. The number of benzene rings is 1. The number of aliphatic hydroxyl groups is 1. The molecule has 0 spiro atoms. The molecule has 116 valence electrons. The average Bonchev–Trinajstić information content (AvgIpc) is 2.46. The topological polar surface area (TPSA) is 77.9 Å². The summed E-state index contributed by atoms with van der Waals surface area (Å²) in [6.45, 7) is 3.90. The van der Waals surface area contributed by atoms with E-state index in [1.54, 1.807) is 29.2 Å². The molecule has 1 fully saturated rings. The first-order chi connectivity index (χ1) is 9.79. The second-order valence-corrected chi connectivity index (χ2v) is 7.27. The zero-order chi connectivity index (χ0) is 15.6. The highest BCUT2D eigenvalue weighted by Crippen LogP contribution is 2.19. The van der Waals surface area contributed by atoms with Crippen LogP contribution in [-0.4, -0.2) is 62.9 Å². The summed E-state index contributed by atoms with van der Waals surface area (Å²) in [5.41, 5.74) is 0.937. The predicted molar refractivity (Wildman–Crippen MR) is 80.0 cm³/mol. The van der Waals surface area contributed by atoms with E-state index < -0.39 is 15.9 Å². The van der Waals surface area contributed by atoms with Crippen molar-refractivity contribution in [3.05, 3.63) is 24.3 Å². The minimum absolute atomic E-state index is 0.248. The van der Waals surface area contributed by atoms with Gasteiger partial charge in [-0.05, 0) is 31.2 Å². The van der Waals surface area contributed by atoms with Crippen LogP contribution in [-0.2, 0) is 14.6 Å². The minimum atomic E-state index is -3.18. The molecule has 0 radical (unpaired) electrons. The molecule has 7 heteroatoms. The number of carbonyl (C=O) groups excluding carboxylic acids is 1. The summed E-state index contributed by atoms with van der Waals surface area (Å²) in [5, 5.41) is 9.30. The van der Waals surface area contributed by atoms with Gasteiger partial charge < -0.3 is 14.9 Å². The number of carbonyl (C=O) groups is 1. The maximum Gasteiger partial charge on any atom is 0.251 e. The van der Waals surface area contributed by atoms with Gasteiger partial charge >= 0.3 is 0 Å². The molecule has 0 saturated carbocycles. The first-order valence-corrected chi connectivity index (χ1v) is 8.70. The quantitative estimate of drug-likeness (QED) is 0.858. The molecule has 21 heavy (non-hydrogen) atoms. The number of sulfone groups is 1. The molecule has 1 aliphatic rings. The van der Waals surface area contributed by atoms with E-state index in [0.29, 0.717) is 31.1 Å². The maximum absolute atomic E-state index is 11.7. The van der Waals surface area contributed by atoms with Crippen LogP contribution in [0, 0.1) is 0 Å². The smallest absolute Gasteiger partial charge is 0.251 e. The number of aliphatic hydroxyl groups excluding tert-OH is 1. The second-order valence-electron chi connectivity index (χ2n) is 5.25. The normalized spacial score (nSPS) is 17.7. The number of rotatable bonds is 3. The number of hydrogen-bond acceptors (Lipinski definition) is 5. The fraction of sp³-hybridized carbons (Fsp3) is 0.500. The highest BCUT2D eigenvalue weighted by Gasteiger charge is 2.23. The summed E-state index contributed by atoms with van der Waals surface area (Å²) in [7, 11) is -3.18. The molecule has 1 atom stereocenters. The van der Waals surface area contributed by atoms with E-state index in [2.05, 4.69) is 4.90 Å². The lowest BCUT2D eigenvalue weighted by Crippen LogP contribution is -2.51. The number of piperazine rings is 1. The average molecular weight is 312 g/mol. The van der Waals surface area contributed by atoms with Crippen molar-refractivity contribution in [3.63, 3.8) is 0 Å². The van der Waals surface area contributed by atoms with Gasteiger partial charge in [-0.1, -0.05) is 0 Å². The Morgan fingerprint density at radius 1 is 1.14 bits per heavy atom. The third kappa shape index (κ3) is 3.74. The van der Waals surface area contributed by atoms with Gasteiger partial charge in [0.1, 0.15) is 6.10 Å². The molecule has 6 nitrogen and oxygen atoms in total. The van der Waals surface area contributed by atoms with Crippen molar-refractivity contribution in [2.24, 2.45) is 0 Å². The Bertz CT molecular complexity index is 602. The van der Waals surface area contributed by atoms with Gasteiger partial charge in [-0.3, -0.25) is 4.79 Å². The van der Waals surface area contributed by atoms with E-state index in [9.17, 15) is 18.3 Å². The summed E-state index contributed by atoms with van der Waals surface area (Å²) in [6, 6.07) is 6.75. The first-order valence-electron chi connectivity index (χ1n) is 6.81. The Morgan fingerprint density at radius 2 is 1.67 bits per heavy atom. The zero-order valence-corrected chi connectivity index (χ0v) is 13.0. The van der Waals surface area contributed by atoms with Gasteiger partial charge in [0.25, 0.3) is 5.91 Å². The van der Waals surface area contributed by atoms with Crippen LogP contribution in [0.15, 0.2) is 29.2 Å². The lowest BCUT2D eigenvalue weighted by molar-refractivity contribution is -0.139. The molecule has 1 aliphatic heterocycles. The van der Waals surface area contributed by atoms with Gasteiger partial charge in [0.15, 0.2) is 9.84 Å². The van der Waals surface area contributed by atoms with Gasteiger partial charge in [-0.2, -0.15) is 0 Å². The molecule has 1 heterocycles. The Morgan fingerprint density at radius 3 is 2.10 bits per heavy atom. The summed E-state index contributed by atoms with van der Waals surface area (Å²) in [6.07, 6.45) is 0.216. The molecule has 2 rings (SSSR count). The monoisotopic (exact) mass is 312 g/mol. The maximum atomic E-state index is 11.7. The van der Waals surface area contributed by atoms with Gasteiger partial charge in [0.05, 0.1) is 4.90 Å². The molecular formula is C14H20N2O4S. The highest BCUT2D eigenvalue weighted by molar-refractivity contribution is 7.90.